The zero-order chi connectivity index (χ0) is 11.1. The number of aromatic nitrogens is 1. The third-order valence-electron chi connectivity index (χ3n) is 2.34. The van der Waals surface area contributed by atoms with E-state index in [9.17, 15) is 0 Å². The van der Waals surface area contributed by atoms with E-state index in [1.807, 2.05) is 12.4 Å². The minimum Gasteiger partial charge on any atom is -0.385 e. The van der Waals surface area contributed by atoms with E-state index in [-0.39, 0.29) is 0 Å². The minimum absolute atomic E-state index is 0.477. The first kappa shape index (κ1) is 12.1. The molecule has 84 valence electrons. The maximum absolute atomic E-state index is 5.03. The van der Waals surface area contributed by atoms with Crippen LogP contribution in [0.15, 0.2) is 18.5 Å². The van der Waals surface area contributed by atoms with Crippen molar-refractivity contribution in [2.75, 3.05) is 13.7 Å². The lowest BCUT2D eigenvalue weighted by Gasteiger charge is -2.13. The average molecular weight is 208 g/mol. The van der Waals surface area contributed by atoms with E-state index in [2.05, 4.69) is 30.2 Å². The molecule has 1 unspecified atom stereocenters. The zero-order valence-corrected chi connectivity index (χ0v) is 9.79. The summed E-state index contributed by atoms with van der Waals surface area (Å²) in [6.07, 6.45) is 4.82. The van der Waals surface area contributed by atoms with Crippen molar-refractivity contribution in [3.05, 3.63) is 29.6 Å². The molecule has 1 rings (SSSR count). The summed E-state index contributed by atoms with van der Waals surface area (Å²) in [4.78, 5) is 4.16. The first-order valence-corrected chi connectivity index (χ1v) is 5.35. The van der Waals surface area contributed by atoms with Gasteiger partial charge in [-0.25, -0.2) is 0 Å². The number of aryl methyl sites for hydroxylation is 1. The average Bonchev–Trinajstić information content (AvgIpc) is 2.23. The van der Waals surface area contributed by atoms with Gasteiger partial charge in [0.2, 0.25) is 0 Å². The molecular weight excluding hydrogens is 188 g/mol. The van der Waals surface area contributed by atoms with Gasteiger partial charge < -0.3 is 10.1 Å². The molecule has 15 heavy (non-hydrogen) atoms. The predicted molar refractivity (Wildman–Crippen MR) is 61.8 cm³/mol. The highest BCUT2D eigenvalue weighted by Gasteiger charge is 2.01. The highest BCUT2D eigenvalue weighted by molar-refractivity contribution is 5.16. The summed E-state index contributed by atoms with van der Waals surface area (Å²) in [5.41, 5.74) is 2.44. The molecule has 0 spiro atoms. The van der Waals surface area contributed by atoms with Gasteiger partial charge in [-0.2, -0.15) is 0 Å². The SMILES string of the molecule is COCCC(C)NCc1cncc(C)c1. The van der Waals surface area contributed by atoms with Crippen LogP contribution in [0, 0.1) is 6.92 Å². The van der Waals surface area contributed by atoms with Gasteiger partial charge in [0.05, 0.1) is 0 Å². The van der Waals surface area contributed by atoms with Crippen LogP contribution in [0.1, 0.15) is 24.5 Å². The first-order valence-electron chi connectivity index (χ1n) is 5.35. The van der Waals surface area contributed by atoms with Crippen molar-refractivity contribution in [1.29, 1.82) is 0 Å². The fourth-order valence-corrected chi connectivity index (χ4v) is 1.40. The highest BCUT2D eigenvalue weighted by atomic mass is 16.5. The summed E-state index contributed by atoms with van der Waals surface area (Å²) < 4.78 is 5.03. The molecule has 0 fully saturated rings. The van der Waals surface area contributed by atoms with E-state index in [4.69, 9.17) is 4.74 Å². The third kappa shape index (κ3) is 4.91. The molecule has 1 N–H and O–H groups in total. The van der Waals surface area contributed by atoms with Crippen LogP contribution in [0.4, 0.5) is 0 Å². The molecular formula is C12H20N2O. The second-order valence-electron chi connectivity index (χ2n) is 3.93. The number of rotatable bonds is 6. The lowest BCUT2D eigenvalue weighted by molar-refractivity contribution is 0.184. The molecule has 0 radical (unpaired) electrons. The van der Waals surface area contributed by atoms with Crippen LogP contribution >= 0.6 is 0 Å². The number of hydrogen-bond donors (Lipinski definition) is 1. The quantitative estimate of drug-likeness (QED) is 0.775. The molecule has 0 bridgehead atoms. The molecule has 1 heterocycles. The number of nitrogens with one attached hydrogen (secondary N) is 1. The molecule has 1 atom stereocenters. The molecule has 3 nitrogen and oxygen atoms in total. The van der Waals surface area contributed by atoms with Gasteiger partial charge in [-0.1, -0.05) is 6.07 Å². The van der Waals surface area contributed by atoms with E-state index in [1.165, 1.54) is 11.1 Å². The van der Waals surface area contributed by atoms with Crippen molar-refractivity contribution < 1.29 is 4.74 Å². The molecule has 0 aliphatic carbocycles. The van der Waals surface area contributed by atoms with Gasteiger partial charge in [-0.05, 0) is 31.4 Å². The van der Waals surface area contributed by atoms with Crippen LogP contribution in [0.25, 0.3) is 0 Å². The number of hydrogen-bond acceptors (Lipinski definition) is 3. The lowest BCUT2D eigenvalue weighted by Crippen LogP contribution is -2.26. The fraction of sp³-hybridized carbons (Fsp3) is 0.583. The molecule has 0 saturated heterocycles. The van der Waals surface area contributed by atoms with E-state index in [0.29, 0.717) is 6.04 Å². The van der Waals surface area contributed by atoms with E-state index < -0.39 is 0 Å². The van der Waals surface area contributed by atoms with Gasteiger partial charge in [0.15, 0.2) is 0 Å². The third-order valence-corrected chi connectivity index (χ3v) is 2.34. The minimum atomic E-state index is 0.477. The molecule has 0 saturated carbocycles. The molecule has 0 amide bonds. The van der Waals surface area contributed by atoms with Crippen LogP contribution < -0.4 is 5.32 Å². The van der Waals surface area contributed by atoms with Crippen molar-refractivity contribution >= 4 is 0 Å². The number of methoxy groups -OCH3 is 1. The van der Waals surface area contributed by atoms with Crippen LogP contribution in [0.5, 0.6) is 0 Å². The Bertz CT molecular complexity index is 289. The lowest BCUT2D eigenvalue weighted by atomic mass is 10.2. The van der Waals surface area contributed by atoms with Crippen molar-refractivity contribution in [2.45, 2.75) is 32.9 Å². The van der Waals surface area contributed by atoms with Crippen LogP contribution in [0.2, 0.25) is 0 Å². The Morgan fingerprint density at radius 2 is 2.27 bits per heavy atom. The summed E-state index contributed by atoms with van der Waals surface area (Å²) in [5.74, 6) is 0. The summed E-state index contributed by atoms with van der Waals surface area (Å²) in [6, 6.07) is 2.63. The molecule has 0 aromatic carbocycles. The van der Waals surface area contributed by atoms with E-state index >= 15 is 0 Å². The standard InChI is InChI=1S/C12H20N2O/c1-10-6-12(8-13-7-10)9-14-11(2)4-5-15-3/h6-8,11,14H,4-5,9H2,1-3H3. The van der Waals surface area contributed by atoms with Crippen LogP contribution in [-0.2, 0) is 11.3 Å². The Morgan fingerprint density at radius 3 is 2.93 bits per heavy atom. The topological polar surface area (TPSA) is 34.1 Å². The highest BCUT2D eigenvalue weighted by Crippen LogP contribution is 2.01. The first-order chi connectivity index (χ1) is 7.22. The van der Waals surface area contributed by atoms with Gasteiger partial charge in [-0.15, -0.1) is 0 Å². The van der Waals surface area contributed by atoms with Crippen molar-refractivity contribution in [1.82, 2.24) is 10.3 Å². The summed E-state index contributed by atoms with van der Waals surface area (Å²) in [6.45, 7) is 5.91. The summed E-state index contributed by atoms with van der Waals surface area (Å²) in [7, 11) is 1.73. The maximum Gasteiger partial charge on any atom is 0.0476 e. The van der Waals surface area contributed by atoms with Crippen LogP contribution in [0.3, 0.4) is 0 Å². The number of nitrogens with zero attached hydrogens (tertiary/aromatic N) is 1. The smallest absolute Gasteiger partial charge is 0.0476 e. The zero-order valence-electron chi connectivity index (χ0n) is 9.79. The van der Waals surface area contributed by atoms with Gasteiger partial charge in [0.1, 0.15) is 0 Å². The van der Waals surface area contributed by atoms with Crippen LogP contribution in [-0.4, -0.2) is 24.7 Å². The number of pyridine rings is 1. The summed E-state index contributed by atoms with van der Waals surface area (Å²) >= 11 is 0. The van der Waals surface area contributed by atoms with Gasteiger partial charge in [0, 0.05) is 38.7 Å². The van der Waals surface area contributed by atoms with Crippen molar-refractivity contribution in [3.63, 3.8) is 0 Å². The Hall–Kier alpha value is -0.930. The molecule has 1 aromatic heterocycles. The Morgan fingerprint density at radius 1 is 1.47 bits per heavy atom. The fourth-order valence-electron chi connectivity index (χ4n) is 1.40. The van der Waals surface area contributed by atoms with Gasteiger partial charge >= 0.3 is 0 Å². The van der Waals surface area contributed by atoms with Gasteiger partial charge in [0.25, 0.3) is 0 Å². The van der Waals surface area contributed by atoms with Crippen molar-refractivity contribution in [3.8, 4) is 0 Å². The second kappa shape index (κ2) is 6.53. The Labute approximate surface area is 91.9 Å². The molecule has 1 aromatic rings. The Balaban J connectivity index is 2.30. The number of ether oxygens (including phenoxy) is 1. The molecule has 0 aliphatic rings. The molecule has 0 aliphatic heterocycles. The normalized spacial score (nSPS) is 12.7. The van der Waals surface area contributed by atoms with Gasteiger partial charge in [-0.3, -0.25) is 4.98 Å². The maximum atomic E-state index is 5.03. The predicted octanol–water partition coefficient (Wildman–Crippen LogP) is 1.90. The van der Waals surface area contributed by atoms with E-state index in [1.54, 1.807) is 7.11 Å². The second-order valence-corrected chi connectivity index (χ2v) is 3.93. The van der Waals surface area contributed by atoms with Crippen molar-refractivity contribution in [2.24, 2.45) is 0 Å². The largest absolute Gasteiger partial charge is 0.385 e. The Kier molecular flexibility index (Phi) is 5.29. The van der Waals surface area contributed by atoms with E-state index in [0.717, 1.165) is 19.6 Å². The molecule has 3 heteroatoms. The monoisotopic (exact) mass is 208 g/mol. The summed E-state index contributed by atoms with van der Waals surface area (Å²) in [5, 5.41) is 3.44.